The van der Waals surface area contributed by atoms with E-state index in [4.69, 9.17) is 14.2 Å². The van der Waals surface area contributed by atoms with Gasteiger partial charge in [0.2, 0.25) is 29.2 Å². The van der Waals surface area contributed by atoms with E-state index in [-0.39, 0.29) is 11.6 Å². The van der Waals surface area contributed by atoms with E-state index in [9.17, 15) is 0 Å². The maximum absolute atomic E-state index is 9.11. The quantitative estimate of drug-likeness (QED) is 0.742. The van der Waals surface area contributed by atoms with Crippen molar-refractivity contribution in [3.63, 3.8) is 0 Å². The Morgan fingerprint density at radius 1 is 1.21 bits per heavy atom. The highest BCUT2D eigenvalue weighted by atomic mass is 16.5. The zero-order valence-corrected chi connectivity index (χ0v) is 13.5. The first-order chi connectivity index (χ1) is 11.7. The number of hydrogen-bond acceptors (Lipinski definition) is 7. The zero-order valence-electron chi connectivity index (χ0n) is 13.5. The smallest absolute Gasteiger partial charge is 0.232 e. The first-order valence-electron chi connectivity index (χ1n) is 7.70. The Kier molecular flexibility index (Phi) is 4.57. The summed E-state index contributed by atoms with van der Waals surface area (Å²) in [6.07, 6.45) is 0.516. The number of oxazole rings is 1. The number of benzene rings is 1. The molecule has 0 fully saturated rings. The van der Waals surface area contributed by atoms with Gasteiger partial charge in [0.05, 0.1) is 0 Å². The molecule has 1 aromatic carbocycles. The Morgan fingerprint density at radius 3 is 2.71 bits per heavy atom. The average Bonchev–Trinajstić information content (AvgIpc) is 3.23. The summed E-state index contributed by atoms with van der Waals surface area (Å²) in [5.74, 6) is 2.12. The van der Waals surface area contributed by atoms with Gasteiger partial charge in [0.15, 0.2) is 0 Å². The minimum Gasteiger partial charge on any atom is -0.424 e. The molecule has 0 saturated heterocycles. The molecule has 2 aromatic heterocycles. The minimum atomic E-state index is 0.122. The summed E-state index contributed by atoms with van der Waals surface area (Å²) in [4.78, 5) is 8.51. The van der Waals surface area contributed by atoms with Crippen LogP contribution in [0.25, 0.3) is 11.4 Å². The summed E-state index contributed by atoms with van der Waals surface area (Å²) >= 11 is 0. The fraction of sp³-hybridized carbons (Fsp3) is 0.294. The largest absolute Gasteiger partial charge is 0.424 e. The van der Waals surface area contributed by atoms with Crippen LogP contribution in [0.5, 0.6) is 0 Å². The van der Waals surface area contributed by atoms with Gasteiger partial charge in [0.25, 0.3) is 0 Å². The molecule has 1 N–H and O–H groups in total. The molecule has 0 spiro atoms. The Morgan fingerprint density at radius 2 is 2.00 bits per heavy atom. The molecule has 3 rings (SSSR count). The second-order valence-corrected chi connectivity index (χ2v) is 5.55. The molecule has 7 nitrogen and oxygen atoms in total. The van der Waals surface area contributed by atoms with Crippen LogP contribution in [0.1, 0.15) is 37.2 Å². The van der Waals surface area contributed by atoms with Crippen LogP contribution in [0, 0.1) is 11.3 Å². The molecule has 0 bridgehead atoms. The van der Waals surface area contributed by atoms with Crippen molar-refractivity contribution in [2.24, 2.45) is 0 Å². The van der Waals surface area contributed by atoms with Gasteiger partial charge in [-0.15, -0.1) is 0 Å². The van der Waals surface area contributed by atoms with Crippen molar-refractivity contribution in [1.82, 2.24) is 15.1 Å². The fourth-order valence-corrected chi connectivity index (χ4v) is 2.12. The number of hydrogen-bond donors (Lipinski definition) is 1. The second-order valence-electron chi connectivity index (χ2n) is 5.55. The Balaban J connectivity index is 1.61. The highest BCUT2D eigenvalue weighted by Gasteiger charge is 2.15. The first kappa shape index (κ1) is 15.7. The number of nitriles is 1. The van der Waals surface area contributed by atoms with Crippen molar-refractivity contribution < 1.29 is 8.94 Å². The molecule has 24 heavy (non-hydrogen) atoms. The van der Waals surface area contributed by atoms with Gasteiger partial charge in [0.1, 0.15) is 6.07 Å². The van der Waals surface area contributed by atoms with Crippen LogP contribution in [0.2, 0.25) is 0 Å². The summed E-state index contributed by atoms with van der Waals surface area (Å²) in [5.41, 5.74) is 1.17. The van der Waals surface area contributed by atoms with E-state index in [0.717, 1.165) is 5.56 Å². The molecule has 0 aliphatic rings. The van der Waals surface area contributed by atoms with Crippen LogP contribution >= 0.6 is 0 Å². The van der Waals surface area contributed by atoms with Crippen molar-refractivity contribution in [2.45, 2.75) is 26.2 Å². The standard InChI is InChI=1S/C17H17N5O2/c1-11(2)16-20-13(10-18)17(23-16)19-9-8-14-21-15(22-24-14)12-6-4-3-5-7-12/h3-7,11,19H,8-9H2,1-2H3. The molecule has 7 heteroatoms. The van der Waals surface area contributed by atoms with Gasteiger partial charge in [-0.1, -0.05) is 49.3 Å². The van der Waals surface area contributed by atoms with E-state index in [2.05, 4.69) is 20.4 Å². The summed E-state index contributed by atoms with van der Waals surface area (Å²) in [7, 11) is 0. The lowest BCUT2D eigenvalue weighted by molar-refractivity contribution is 0.380. The van der Waals surface area contributed by atoms with E-state index < -0.39 is 0 Å². The maximum atomic E-state index is 9.11. The first-order valence-corrected chi connectivity index (χ1v) is 7.70. The third-order valence-electron chi connectivity index (χ3n) is 3.37. The van der Waals surface area contributed by atoms with Crippen molar-refractivity contribution in [3.05, 3.63) is 47.8 Å². The fourth-order valence-electron chi connectivity index (χ4n) is 2.12. The van der Waals surface area contributed by atoms with Crippen molar-refractivity contribution in [1.29, 1.82) is 5.26 Å². The second kappa shape index (κ2) is 6.96. The maximum Gasteiger partial charge on any atom is 0.232 e. The monoisotopic (exact) mass is 323 g/mol. The number of nitrogens with zero attached hydrogens (tertiary/aromatic N) is 4. The van der Waals surface area contributed by atoms with Crippen LogP contribution in [-0.2, 0) is 6.42 Å². The van der Waals surface area contributed by atoms with Gasteiger partial charge in [-0.05, 0) is 0 Å². The van der Waals surface area contributed by atoms with Gasteiger partial charge in [0, 0.05) is 24.4 Å². The van der Waals surface area contributed by atoms with Gasteiger partial charge in [-0.3, -0.25) is 0 Å². The molecule has 0 amide bonds. The van der Waals surface area contributed by atoms with Gasteiger partial charge >= 0.3 is 0 Å². The van der Waals surface area contributed by atoms with Crippen molar-refractivity contribution in [3.8, 4) is 17.5 Å². The molecular weight excluding hydrogens is 306 g/mol. The minimum absolute atomic E-state index is 0.122. The van der Waals surface area contributed by atoms with E-state index in [1.54, 1.807) is 0 Å². The van der Waals surface area contributed by atoms with Crippen LogP contribution in [0.4, 0.5) is 5.88 Å². The molecule has 0 radical (unpaired) electrons. The zero-order chi connectivity index (χ0) is 16.9. The third-order valence-corrected chi connectivity index (χ3v) is 3.37. The van der Waals surface area contributed by atoms with E-state index >= 15 is 0 Å². The van der Waals surface area contributed by atoms with Crippen LogP contribution in [0.15, 0.2) is 39.3 Å². The van der Waals surface area contributed by atoms with Gasteiger partial charge < -0.3 is 14.3 Å². The lowest BCUT2D eigenvalue weighted by Crippen LogP contribution is -2.05. The average molecular weight is 323 g/mol. The molecule has 0 saturated carbocycles. The van der Waals surface area contributed by atoms with Crippen molar-refractivity contribution in [2.75, 3.05) is 11.9 Å². The number of rotatable bonds is 6. The third kappa shape index (κ3) is 3.43. The van der Waals surface area contributed by atoms with Crippen LogP contribution in [0.3, 0.4) is 0 Å². The molecule has 0 aliphatic heterocycles. The Bertz CT molecular complexity index is 845. The van der Waals surface area contributed by atoms with Gasteiger partial charge in [-0.25, -0.2) is 4.98 Å². The normalized spacial score (nSPS) is 10.8. The number of anilines is 1. The summed E-state index contributed by atoms with van der Waals surface area (Å²) in [6.45, 7) is 4.42. The van der Waals surface area contributed by atoms with Crippen molar-refractivity contribution >= 4 is 5.88 Å². The summed E-state index contributed by atoms with van der Waals surface area (Å²) in [5, 5.41) is 16.1. The number of nitrogens with one attached hydrogen (secondary N) is 1. The Labute approximate surface area is 139 Å². The SMILES string of the molecule is CC(C)c1nc(C#N)c(NCCc2nc(-c3ccccc3)no2)o1. The van der Waals surface area contributed by atoms with Gasteiger partial charge in [-0.2, -0.15) is 10.2 Å². The number of aromatic nitrogens is 3. The Hall–Kier alpha value is -3.14. The molecule has 0 atom stereocenters. The highest BCUT2D eigenvalue weighted by molar-refractivity contribution is 5.53. The molecule has 3 aromatic rings. The summed E-state index contributed by atoms with van der Waals surface area (Å²) in [6, 6.07) is 11.7. The van der Waals surface area contributed by atoms with E-state index in [0.29, 0.717) is 36.5 Å². The van der Waals surface area contributed by atoms with Crippen LogP contribution < -0.4 is 5.32 Å². The van der Waals surface area contributed by atoms with E-state index in [1.165, 1.54) is 0 Å². The summed E-state index contributed by atoms with van der Waals surface area (Å²) < 4.78 is 10.8. The molecule has 0 unspecified atom stereocenters. The van der Waals surface area contributed by atoms with Crippen LogP contribution in [-0.4, -0.2) is 21.7 Å². The lowest BCUT2D eigenvalue weighted by atomic mass is 10.2. The predicted octanol–water partition coefficient (Wildman–Crippen LogP) is 3.37. The molecule has 122 valence electrons. The molecule has 2 heterocycles. The topological polar surface area (TPSA) is 101 Å². The highest BCUT2D eigenvalue weighted by Crippen LogP contribution is 2.22. The predicted molar refractivity (Wildman–Crippen MR) is 87.2 cm³/mol. The molecule has 0 aliphatic carbocycles. The lowest BCUT2D eigenvalue weighted by Gasteiger charge is -2.00. The molecular formula is C17H17N5O2. The van der Waals surface area contributed by atoms with E-state index in [1.807, 2.05) is 50.2 Å².